The van der Waals surface area contributed by atoms with E-state index < -0.39 is 17.7 Å². The molecule has 1 aliphatic rings. The van der Waals surface area contributed by atoms with E-state index in [1.54, 1.807) is 18.5 Å². The Balaban J connectivity index is 1.42. The number of rotatable bonds is 7. The normalized spacial score (nSPS) is 16.4. The first-order valence-corrected chi connectivity index (χ1v) is 13.3. The summed E-state index contributed by atoms with van der Waals surface area (Å²) in [6.45, 7) is 4.32. The topological polar surface area (TPSA) is 97.0 Å². The van der Waals surface area contributed by atoms with Gasteiger partial charge in [0.05, 0.1) is 17.3 Å². The largest absolute Gasteiger partial charge is 0.505 e. The number of carbonyl (C=O) groups excluding carboxylic acids is 2. The summed E-state index contributed by atoms with van der Waals surface area (Å²) in [5.41, 5.74) is 5.01. The minimum absolute atomic E-state index is 0.000929. The predicted octanol–water partition coefficient (Wildman–Crippen LogP) is 5.55. The van der Waals surface area contributed by atoms with Gasteiger partial charge in [-0.05, 0) is 60.4 Å². The van der Waals surface area contributed by atoms with Crippen molar-refractivity contribution >= 4 is 23.1 Å². The Bertz CT molecular complexity index is 1780. The van der Waals surface area contributed by atoms with Crippen molar-refractivity contribution in [2.24, 2.45) is 0 Å². The van der Waals surface area contributed by atoms with Crippen LogP contribution in [0.1, 0.15) is 39.7 Å². The summed E-state index contributed by atoms with van der Waals surface area (Å²) in [6.07, 6.45) is 5.16. The Morgan fingerprint density at radius 3 is 2.39 bits per heavy atom. The fraction of sp³-hybridized carbons (Fsp3) is 0.152. The molecule has 8 nitrogen and oxygen atoms in total. The molecule has 0 saturated carbocycles. The number of Topliss-reactive ketones (excluding diaryl/α,β-unsaturated/α-hetero) is 1. The van der Waals surface area contributed by atoms with Crippen LogP contribution in [-0.4, -0.2) is 36.1 Å². The van der Waals surface area contributed by atoms with Crippen molar-refractivity contribution in [1.82, 2.24) is 19.3 Å². The van der Waals surface area contributed by atoms with E-state index in [4.69, 9.17) is 4.74 Å². The molecular weight excluding hydrogens is 516 g/mol. The van der Waals surface area contributed by atoms with Crippen molar-refractivity contribution in [2.45, 2.75) is 33.0 Å². The van der Waals surface area contributed by atoms with Crippen LogP contribution in [0.25, 0.3) is 11.4 Å². The zero-order valence-electron chi connectivity index (χ0n) is 22.7. The molecule has 1 amide bonds. The van der Waals surface area contributed by atoms with Gasteiger partial charge < -0.3 is 19.1 Å². The maximum atomic E-state index is 13.5. The highest BCUT2D eigenvalue weighted by Gasteiger charge is 2.46. The molecule has 0 radical (unpaired) electrons. The van der Waals surface area contributed by atoms with Gasteiger partial charge in [0.15, 0.2) is 5.76 Å². The average Bonchev–Trinajstić information content (AvgIpc) is 3.47. The van der Waals surface area contributed by atoms with Gasteiger partial charge in [0.1, 0.15) is 23.7 Å². The summed E-state index contributed by atoms with van der Waals surface area (Å²) < 4.78 is 7.81. The lowest BCUT2D eigenvalue weighted by Gasteiger charge is -2.25. The van der Waals surface area contributed by atoms with Crippen molar-refractivity contribution in [1.29, 1.82) is 0 Å². The number of aryl methyl sites for hydroxylation is 2. The van der Waals surface area contributed by atoms with Gasteiger partial charge >= 0.3 is 0 Å². The number of amides is 1. The van der Waals surface area contributed by atoms with Crippen LogP contribution in [0.3, 0.4) is 0 Å². The van der Waals surface area contributed by atoms with Crippen molar-refractivity contribution in [3.05, 3.63) is 137 Å². The molecule has 6 rings (SSSR count). The molecule has 1 unspecified atom stereocenters. The van der Waals surface area contributed by atoms with Gasteiger partial charge in [-0.25, -0.2) is 4.98 Å². The van der Waals surface area contributed by atoms with Gasteiger partial charge in [0, 0.05) is 25.1 Å². The van der Waals surface area contributed by atoms with Crippen LogP contribution in [0.5, 0.6) is 5.75 Å². The monoisotopic (exact) mass is 544 g/mol. The maximum absolute atomic E-state index is 13.5. The van der Waals surface area contributed by atoms with Gasteiger partial charge in [0.25, 0.3) is 11.7 Å². The van der Waals surface area contributed by atoms with E-state index in [1.807, 2.05) is 97.2 Å². The summed E-state index contributed by atoms with van der Waals surface area (Å²) in [4.78, 5) is 37.3. The number of imidazole rings is 1. The molecule has 0 spiro atoms. The number of fused-ring (bicyclic) bond motifs is 1. The number of hydrogen-bond donors (Lipinski definition) is 1. The predicted molar refractivity (Wildman–Crippen MR) is 154 cm³/mol. The van der Waals surface area contributed by atoms with Crippen LogP contribution in [-0.2, 0) is 22.7 Å². The SMILES string of the molecule is Cc1cccn2c(C)c(C(O)=C3C(=O)C(=O)N(Cc4cccnc4)C3c3ccc(OCc4ccccc4)cc3)nc12. The van der Waals surface area contributed by atoms with E-state index in [1.165, 1.54) is 4.90 Å². The third-order valence-corrected chi connectivity index (χ3v) is 7.37. The number of aromatic nitrogens is 3. The first kappa shape index (κ1) is 26.0. The number of likely N-dealkylation sites (tertiary alicyclic amines) is 1. The second-order valence-corrected chi connectivity index (χ2v) is 10.1. The molecule has 0 bridgehead atoms. The van der Waals surface area contributed by atoms with Gasteiger partial charge in [0.2, 0.25) is 0 Å². The molecule has 3 aromatic heterocycles. The first-order valence-electron chi connectivity index (χ1n) is 13.3. The fourth-order valence-corrected chi connectivity index (χ4v) is 5.24. The molecule has 41 heavy (non-hydrogen) atoms. The van der Waals surface area contributed by atoms with Gasteiger partial charge in [-0.15, -0.1) is 0 Å². The van der Waals surface area contributed by atoms with Crippen molar-refractivity contribution in [3.8, 4) is 5.75 Å². The third-order valence-electron chi connectivity index (χ3n) is 7.37. The van der Waals surface area contributed by atoms with Crippen LogP contribution >= 0.6 is 0 Å². The molecule has 204 valence electrons. The number of ether oxygens (including phenoxy) is 1. The number of aliphatic hydroxyl groups is 1. The lowest BCUT2D eigenvalue weighted by atomic mass is 9.96. The Morgan fingerprint density at radius 1 is 0.927 bits per heavy atom. The van der Waals surface area contributed by atoms with Crippen LogP contribution < -0.4 is 4.74 Å². The molecular formula is C33H28N4O4. The highest BCUT2D eigenvalue weighted by Crippen LogP contribution is 2.41. The minimum atomic E-state index is -0.830. The van der Waals surface area contributed by atoms with Crippen molar-refractivity contribution < 1.29 is 19.4 Å². The number of pyridine rings is 2. The lowest BCUT2D eigenvalue weighted by molar-refractivity contribution is -0.140. The molecule has 1 fully saturated rings. The highest BCUT2D eigenvalue weighted by molar-refractivity contribution is 6.46. The standard InChI is InChI=1S/C33H28N4O4/c1-21-8-7-17-36-22(2)28(35-32(21)36)30(38)27-29(37(33(40)31(27)39)19-24-11-6-16-34-18-24)25-12-14-26(15-13-25)41-20-23-9-4-3-5-10-23/h3-18,29,38H,19-20H2,1-2H3. The molecule has 8 heteroatoms. The molecule has 2 aromatic carbocycles. The maximum Gasteiger partial charge on any atom is 0.295 e. The summed E-state index contributed by atoms with van der Waals surface area (Å²) >= 11 is 0. The van der Waals surface area contributed by atoms with Gasteiger partial charge in [-0.3, -0.25) is 14.6 Å². The van der Waals surface area contributed by atoms with Crippen molar-refractivity contribution in [2.75, 3.05) is 0 Å². The Kier molecular flexibility index (Phi) is 6.81. The second kappa shape index (κ2) is 10.7. The van der Waals surface area contributed by atoms with E-state index in [-0.39, 0.29) is 23.6 Å². The van der Waals surface area contributed by atoms with Gasteiger partial charge in [-0.2, -0.15) is 0 Å². The highest BCUT2D eigenvalue weighted by atomic mass is 16.5. The summed E-state index contributed by atoms with van der Waals surface area (Å²) in [7, 11) is 0. The number of ketones is 1. The number of benzene rings is 2. The van der Waals surface area contributed by atoms with Crippen molar-refractivity contribution in [3.63, 3.8) is 0 Å². The number of aliphatic hydroxyl groups excluding tert-OH is 1. The molecule has 1 atom stereocenters. The number of nitrogens with zero attached hydrogens (tertiary/aromatic N) is 4. The molecule has 0 aliphatic carbocycles. The Labute approximate surface area is 237 Å². The quantitative estimate of drug-likeness (QED) is 0.164. The Morgan fingerprint density at radius 2 is 1.68 bits per heavy atom. The number of hydrogen-bond acceptors (Lipinski definition) is 6. The summed E-state index contributed by atoms with van der Waals surface area (Å²) in [6, 6.07) is 23.7. The van der Waals surface area contributed by atoms with Gasteiger partial charge in [-0.1, -0.05) is 54.6 Å². The molecule has 5 aromatic rings. The van der Waals surface area contributed by atoms with Crippen LogP contribution in [0.15, 0.2) is 103 Å². The fourth-order valence-electron chi connectivity index (χ4n) is 5.24. The minimum Gasteiger partial charge on any atom is -0.505 e. The molecule has 1 aliphatic heterocycles. The molecule has 4 heterocycles. The van der Waals surface area contributed by atoms with Crippen LogP contribution in [0.4, 0.5) is 0 Å². The smallest absolute Gasteiger partial charge is 0.295 e. The summed E-state index contributed by atoms with van der Waals surface area (Å²) in [5, 5.41) is 11.6. The van der Waals surface area contributed by atoms with E-state index in [2.05, 4.69) is 9.97 Å². The van der Waals surface area contributed by atoms with E-state index in [0.717, 1.165) is 16.7 Å². The molecule has 1 saturated heterocycles. The number of carbonyl (C=O) groups is 2. The second-order valence-electron chi connectivity index (χ2n) is 10.1. The zero-order chi connectivity index (χ0) is 28.5. The third kappa shape index (κ3) is 4.84. The van der Waals surface area contributed by atoms with Crippen LogP contribution in [0, 0.1) is 13.8 Å². The van der Waals surface area contributed by atoms with E-state index in [0.29, 0.717) is 29.3 Å². The molecule has 1 N–H and O–H groups in total. The van der Waals surface area contributed by atoms with E-state index in [9.17, 15) is 14.7 Å². The van der Waals surface area contributed by atoms with E-state index >= 15 is 0 Å². The first-order chi connectivity index (χ1) is 19.9. The Hall–Kier alpha value is -5.24. The zero-order valence-corrected chi connectivity index (χ0v) is 22.7. The average molecular weight is 545 g/mol. The summed E-state index contributed by atoms with van der Waals surface area (Å²) in [5.74, 6) is -1.10. The van der Waals surface area contributed by atoms with Crippen LogP contribution in [0.2, 0.25) is 0 Å². The lowest BCUT2D eigenvalue weighted by Crippen LogP contribution is -2.29.